The zero-order valence-corrected chi connectivity index (χ0v) is 17.4. The fraction of sp³-hybridized carbons (Fsp3) is 0.474. The van der Waals surface area contributed by atoms with Gasteiger partial charge in [-0.3, -0.25) is 9.00 Å². The number of nitrogens with zero attached hydrogens (tertiary/aromatic N) is 1. The average molecular weight is 413 g/mol. The second-order valence-corrected chi connectivity index (χ2v) is 8.27. The van der Waals surface area contributed by atoms with E-state index in [-0.39, 0.29) is 23.5 Å². The van der Waals surface area contributed by atoms with Crippen LogP contribution in [0.2, 0.25) is 5.02 Å². The smallest absolute Gasteiger partial charge is 0.232 e. The summed E-state index contributed by atoms with van der Waals surface area (Å²) in [5, 5.41) is 3.39. The van der Waals surface area contributed by atoms with E-state index in [0.717, 1.165) is 12.0 Å². The van der Waals surface area contributed by atoms with E-state index in [1.54, 1.807) is 19.1 Å². The number of halogens is 1. The highest BCUT2D eigenvalue weighted by atomic mass is 35.5. The molecule has 6 nitrogen and oxygen atoms in total. The maximum Gasteiger partial charge on any atom is 0.232 e. The van der Waals surface area contributed by atoms with Crippen LogP contribution in [0.4, 0.5) is 0 Å². The first-order valence-electron chi connectivity index (χ1n) is 8.80. The highest BCUT2D eigenvalue weighted by Gasteiger charge is 2.16. The molecule has 0 spiro atoms. The quantitative estimate of drug-likeness (QED) is 0.604. The van der Waals surface area contributed by atoms with Gasteiger partial charge in [0.15, 0.2) is 0 Å². The zero-order chi connectivity index (χ0) is 19.8. The van der Waals surface area contributed by atoms with Crippen molar-refractivity contribution in [2.24, 2.45) is 0 Å². The molecule has 1 amide bonds. The summed E-state index contributed by atoms with van der Waals surface area (Å²) in [6, 6.07) is 7.13. The Kier molecular flexibility index (Phi) is 8.47. The summed E-state index contributed by atoms with van der Waals surface area (Å²) in [5.74, 6) is 0.919. The molecule has 0 saturated carbocycles. The van der Waals surface area contributed by atoms with Crippen LogP contribution in [0.25, 0.3) is 11.5 Å². The van der Waals surface area contributed by atoms with Crippen molar-refractivity contribution in [1.82, 2.24) is 10.3 Å². The van der Waals surface area contributed by atoms with Crippen LogP contribution in [0.15, 0.2) is 28.7 Å². The molecular weight excluding hydrogens is 388 g/mol. The highest BCUT2D eigenvalue weighted by molar-refractivity contribution is 7.84. The third-order valence-corrected chi connectivity index (χ3v) is 5.10. The van der Waals surface area contributed by atoms with Crippen molar-refractivity contribution < 1.29 is 18.2 Å². The normalized spacial score (nSPS) is 12.3. The van der Waals surface area contributed by atoms with Gasteiger partial charge in [-0.1, -0.05) is 11.6 Å². The first kappa shape index (κ1) is 21.6. The molecular formula is C19H25ClN2O4S. The summed E-state index contributed by atoms with van der Waals surface area (Å²) in [4.78, 5) is 16.3. The molecule has 148 valence electrons. The van der Waals surface area contributed by atoms with Crippen LogP contribution in [0.1, 0.15) is 31.7 Å². The molecule has 1 atom stereocenters. The highest BCUT2D eigenvalue weighted by Crippen LogP contribution is 2.24. The van der Waals surface area contributed by atoms with E-state index < -0.39 is 10.8 Å². The maximum absolute atomic E-state index is 12.3. The standard InChI is InChI=1S/C19H25ClN2O4S/c1-13(2)25-10-4-9-21-18(23)12-27(24)11-17-14(3)26-19(22-17)15-5-7-16(20)8-6-15/h5-8,13H,4,9-12H2,1-3H3,(H,21,23)/t27-/m0/s1. The van der Waals surface area contributed by atoms with Crippen LogP contribution >= 0.6 is 11.6 Å². The Labute approximate surface area is 167 Å². The molecule has 1 N–H and O–H groups in total. The molecule has 0 aliphatic carbocycles. The van der Waals surface area contributed by atoms with Gasteiger partial charge in [0.1, 0.15) is 11.5 Å². The second-order valence-electron chi connectivity index (χ2n) is 6.38. The van der Waals surface area contributed by atoms with Crippen LogP contribution in [0.3, 0.4) is 0 Å². The number of carbonyl (C=O) groups is 1. The van der Waals surface area contributed by atoms with Crippen LogP contribution < -0.4 is 5.32 Å². The third-order valence-electron chi connectivity index (χ3n) is 3.67. The molecule has 0 bridgehead atoms. The number of hydrogen-bond acceptors (Lipinski definition) is 5. The van der Waals surface area contributed by atoms with Crippen LogP contribution in [-0.4, -0.2) is 40.1 Å². The summed E-state index contributed by atoms with van der Waals surface area (Å²) in [6.07, 6.45) is 0.903. The Balaban J connectivity index is 1.81. The van der Waals surface area contributed by atoms with E-state index in [1.165, 1.54) is 0 Å². The molecule has 0 saturated heterocycles. The van der Waals surface area contributed by atoms with Gasteiger partial charge < -0.3 is 14.5 Å². The van der Waals surface area contributed by atoms with E-state index >= 15 is 0 Å². The Bertz CT molecular complexity index is 775. The summed E-state index contributed by atoms with van der Waals surface area (Å²) in [7, 11) is -1.36. The topological polar surface area (TPSA) is 81.4 Å². The van der Waals surface area contributed by atoms with Gasteiger partial charge in [-0.15, -0.1) is 0 Å². The van der Waals surface area contributed by atoms with Crippen molar-refractivity contribution >= 4 is 28.3 Å². The molecule has 1 aromatic carbocycles. The molecule has 0 aliphatic heterocycles. The molecule has 1 aromatic heterocycles. The minimum Gasteiger partial charge on any atom is -0.441 e. The number of aromatic nitrogens is 1. The van der Waals surface area contributed by atoms with Gasteiger partial charge in [0.2, 0.25) is 11.8 Å². The van der Waals surface area contributed by atoms with E-state index in [4.69, 9.17) is 20.8 Å². The number of benzene rings is 1. The van der Waals surface area contributed by atoms with Crippen LogP contribution in [0, 0.1) is 6.92 Å². The first-order chi connectivity index (χ1) is 12.8. The van der Waals surface area contributed by atoms with Crippen LogP contribution in [0.5, 0.6) is 0 Å². The Morgan fingerprint density at radius 1 is 1.33 bits per heavy atom. The molecule has 2 rings (SSSR count). The van der Waals surface area contributed by atoms with Crippen molar-refractivity contribution in [2.75, 3.05) is 18.9 Å². The number of carbonyl (C=O) groups excluding carboxylic acids is 1. The van der Waals surface area contributed by atoms with Crippen LogP contribution in [-0.2, 0) is 26.1 Å². The van der Waals surface area contributed by atoms with Crippen molar-refractivity contribution in [3.8, 4) is 11.5 Å². The Morgan fingerprint density at radius 3 is 2.70 bits per heavy atom. The largest absolute Gasteiger partial charge is 0.441 e. The fourth-order valence-corrected chi connectivity index (χ4v) is 3.49. The lowest BCUT2D eigenvalue weighted by Gasteiger charge is -2.08. The van der Waals surface area contributed by atoms with Gasteiger partial charge >= 0.3 is 0 Å². The Morgan fingerprint density at radius 2 is 2.04 bits per heavy atom. The number of aryl methyl sites for hydroxylation is 1. The molecule has 8 heteroatoms. The number of amides is 1. The molecule has 0 aliphatic rings. The summed E-state index contributed by atoms with van der Waals surface area (Å²) in [6.45, 7) is 6.80. The summed E-state index contributed by atoms with van der Waals surface area (Å²) in [5.41, 5.74) is 1.39. The number of nitrogens with one attached hydrogen (secondary N) is 1. The van der Waals surface area contributed by atoms with Crippen molar-refractivity contribution in [2.45, 2.75) is 39.0 Å². The van der Waals surface area contributed by atoms with E-state index in [1.807, 2.05) is 26.0 Å². The van der Waals surface area contributed by atoms with Crippen molar-refractivity contribution in [3.63, 3.8) is 0 Å². The van der Waals surface area contributed by atoms with Crippen molar-refractivity contribution in [1.29, 1.82) is 0 Å². The summed E-state index contributed by atoms with van der Waals surface area (Å²) >= 11 is 5.88. The maximum atomic E-state index is 12.3. The van der Waals surface area contributed by atoms with E-state index in [0.29, 0.717) is 35.5 Å². The van der Waals surface area contributed by atoms with E-state index in [2.05, 4.69) is 10.3 Å². The molecule has 27 heavy (non-hydrogen) atoms. The van der Waals surface area contributed by atoms with Crippen molar-refractivity contribution in [3.05, 3.63) is 40.7 Å². The molecule has 0 unspecified atom stereocenters. The first-order valence-corrected chi connectivity index (χ1v) is 10.7. The van der Waals surface area contributed by atoms with Gasteiger partial charge in [0.05, 0.1) is 17.6 Å². The minimum absolute atomic E-state index is 0.0619. The molecule has 1 heterocycles. The third kappa shape index (κ3) is 7.44. The number of oxazole rings is 1. The van der Waals surface area contributed by atoms with Gasteiger partial charge in [-0.25, -0.2) is 4.98 Å². The lowest BCUT2D eigenvalue weighted by atomic mass is 10.2. The predicted molar refractivity (Wildman–Crippen MR) is 107 cm³/mol. The molecule has 0 radical (unpaired) electrons. The lowest BCUT2D eigenvalue weighted by molar-refractivity contribution is -0.118. The number of rotatable bonds is 10. The van der Waals surface area contributed by atoms with Gasteiger partial charge in [0.25, 0.3) is 0 Å². The molecule has 2 aromatic rings. The second kappa shape index (κ2) is 10.6. The minimum atomic E-state index is -1.36. The van der Waals surface area contributed by atoms with Gasteiger partial charge in [0, 0.05) is 34.5 Å². The number of hydrogen-bond donors (Lipinski definition) is 1. The SMILES string of the molecule is Cc1oc(-c2ccc(Cl)cc2)nc1C[S@](=O)CC(=O)NCCCOC(C)C. The van der Waals surface area contributed by atoms with Gasteiger partial charge in [-0.2, -0.15) is 0 Å². The summed E-state index contributed by atoms with van der Waals surface area (Å²) < 4.78 is 23.3. The fourth-order valence-electron chi connectivity index (χ4n) is 2.30. The monoisotopic (exact) mass is 412 g/mol. The number of ether oxygens (including phenoxy) is 1. The lowest BCUT2D eigenvalue weighted by Crippen LogP contribution is -2.30. The average Bonchev–Trinajstić information content (AvgIpc) is 2.95. The zero-order valence-electron chi connectivity index (χ0n) is 15.8. The van der Waals surface area contributed by atoms with E-state index in [9.17, 15) is 9.00 Å². The Hall–Kier alpha value is -1.70. The molecule has 0 fully saturated rings. The van der Waals surface area contributed by atoms with Gasteiger partial charge in [-0.05, 0) is 51.5 Å². The predicted octanol–water partition coefficient (Wildman–Crippen LogP) is 3.48.